The van der Waals surface area contributed by atoms with E-state index in [0.717, 1.165) is 5.56 Å². The van der Waals surface area contributed by atoms with E-state index < -0.39 is 27.7 Å². The van der Waals surface area contributed by atoms with Crippen LogP contribution in [0.1, 0.15) is 26.3 Å². The quantitative estimate of drug-likeness (QED) is 0.686. The molecular formula is C22H29N5O5S. The average molecular weight is 476 g/mol. The Hall–Kier alpha value is -3.18. The van der Waals surface area contributed by atoms with Crippen LogP contribution in [0.4, 0.5) is 15.3 Å². The first-order chi connectivity index (χ1) is 15.5. The average Bonchev–Trinajstić information content (AvgIpc) is 2.78. The smallest absolute Gasteiger partial charge is 0.410 e. The van der Waals surface area contributed by atoms with E-state index in [2.05, 4.69) is 15.6 Å². The Morgan fingerprint density at radius 1 is 1.06 bits per heavy atom. The molecule has 0 spiro atoms. The molecular weight excluding hydrogens is 446 g/mol. The Balaban J connectivity index is 1.53. The van der Waals surface area contributed by atoms with Gasteiger partial charge in [0.25, 0.3) is 0 Å². The van der Waals surface area contributed by atoms with Crippen molar-refractivity contribution in [2.45, 2.75) is 37.8 Å². The second-order valence-electron chi connectivity index (χ2n) is 8.56. The number of amides is 3. The van der Waals surface area contributed by atoms with Gasteiger partial charge in [-0.1, -0.05) is 6.07 Å². The lowest BCUT2D eigenvalue weighted by Crippen LogP contribution is -2.51. The molecule has 2 aromatic rings. The predicted molar refractivity (Wildman–Crippen MR) is 123 cm³/mol. The molecule has 2 N–H and O–H groups in total. The lowest BCUT2D eigenvalue weighted by molar-refractivity contribution is 0.0192. The number of benzene rings is 1. The molecule has 33 heavy (non-hydrogen) atoms. The summed E-state index contributed by atoms with van der Waals surface area (Å²) in [5.74, 6) is 0. The highest BCUT2D eigenvalue weighted by atomic mass is 32.2. The van der Waals surface area contributed by atoms with E-state index in [4.69, 9.17) is 4.74 Å². The third-order valence-electron chi connectivity index (χ3n) is 4.82. The number of nitrogens with one attached hydrogen (secondary N) is 2. The molecule has 0 radical (unpaired) electrons. The van der Waals surface area contributed by atoms with Crippen LogP contribution in [-0.2, 0) is 21.3 Å². The topological polar surface area (TPSA) is 121 Å². The maximum absolute atomic E-state index is 13.0. The van der Waals surface area contributed by atoms with Crippen LogP contribution in [0, 0.1) is 0 Å². The number of carbonyl (C=O) groups excluding carboxylic acids is 2. The fourth-order valence-corrected chi connectivity index (χ4v) is 4.58. The van der Waals surface area contributed by atoms with Gasteiger partial charge in [-0.25, -0.2) is 18.0 Å². The van der Waals surface area contributed by atoms with Gasteiger partial charge in [0.2, 0.25) is 10.0 Å². The summed E-state index contributed by atoms with van der Waals surface area (Å²) < 4.78 is 32.6. The Bertz CT molecular complexity index is 1060. The molecule has 11 heteroatoms. The normalized spacial score (nSPS) is 15.1. The molecule has 3 amide bonds. The highest BCUT2D eigenvalue weighted by Crippen LogP contribution is 2.21. The van der Waals surface area contributed by atoms with Crippen molar-refractivity contribution in [1.82, 2.24) is 19.5 Å². The first-order valence-corrected chi connectivity index (χ1v) is 12.0. The summed E-state index contributed by atoms with van der Waals surface area (Å²) in [5, 5.41) is 5.38. The van der Waals surface area contributed by atoms with Gasteiger partial charge in [-0.2, -0.15) is 4.31 Å². The van der Waals surface area contributed by atoms with Crippen LogP contribution in [0.5, 0.6) is 0 Å². The van der Waals surface area contributed by atoms with Crippen LogP contribution in [-0.4, -0.2) is 66.5 Å². The van der Waals surface area contributed by atoms with E-state index in [9.17, 15) is 18.0 Å². The number of pyridine rings is 1. The van der Waals surface area contributed by atoms with Crippen molar-refractivity contribution in [2.24, 2.45) is 0 Å². The number of anilines is 1. The highest BCUT2D eigenvalue weighted by molar-refractivity contribution is 7.89. The number of nitrogens with zero attached hydrogens (tertiary/aromatic N) is 3. The lowest BCUT2D eigenvalue weighted by atomic mass is 10.2. The van der Waals surface area contributed by atoms with E-state index in [0.29, 0.717) is 12.2 Å². The predicted octanol–water partition coefficient (Wildman–Crippen LogP) is 2.64. The van der Waals surface area contributed by atoms with Gasteiger partial charge >= 0.3 is 12.1 Å². The number of ether oxygens (including phenoxy) is 1. The molecule has 178 valence electrons. The first kappa shape index (κ1) is 24.5. The van der Waals surface area contributed by atoms with Gasteiger partial charge < -0.3 is 20.3 Å². The van der Waals surface area contributed by atoms with Crippen molar-refractivity contribution in [3.8, 4) is 0 Å². The molecule has 0 atom stereocenters. The van der Waals surface area contributed by atoms with E-state index >= 15 is 0 Å². The number of urea groups is 1. The number of sulfonamides is 1. The van der Waals surface area contributed by atoms with E-state index in [1.807, 2.05) is 6.07 Å². The summed E-state index contributed by atoms with van der Waals surface area (Å²) in [6.45, 7) is 6.55. The zero-order valence-electron chi connectivity index (χ0n) is 18.9. The molecule has 1 aromatic heterocycles. The van der Waals surface area contributed by atoms with Crippen LogP contribution < -0.4 is 10.6 Å². The molecule has 1 fully saturated rings. The molecule has 0 aliphatic carbocycles. The minimum atomic E-state index is -3.72. The summed E-state index contributed by atoms with van der Waals surface area (Å²) in [4.78, 5) is 29.9. The fraction of sp³-hybridized carbons (Fsp3) is 0.409. The second kappa shape index (κ2) is 10.2. The summed E-state index contributed by atoms with van der Waals surface area (Å²) in [6, 6.07) is 9.19. The first-order valence-electron chi connectivity index (χ1n) is 10.6. The molecule has 0 bridgehead atoms. The van der Waals surface area contributed by atoms with Crippen molar-refractivity contribution >= 4 is 27.8 Å². The molecule has 1 saturated heterocycles. The zero-order chi connectivity index (χ0) is 24.1. The maximum Gasteiger partial charge on any atom is 0.410 e. The Kier molecular flexibility index (Phi) is 7.54. The van der Waals surface area contributed by atoms with Crippen LogP contribution in [0.15, 0.2) is 53.7 Å². The number of carbonyl (C=O) groups is 2. The largest absolute Gasteiger partial charge is 0.444 e. The Morgan fingerprint density at radius 3 is 2.30 bits per heavy atom. The maximum atomic E-state index is 13.0. The van der Waals surface area contributed by atoms with Crippen molar-refractivity contribution in [3.05, 3.63) is 54.4 Å². The minimum Gasteiger partial charge on any atom is -0.444 e. The third-order valence-corrected chi connectivity index (χ3v) is 6.73. The van der Waals surface area contributed by atoms with Gasteiger partial charge in [0.05, 0.1) is 4.90 Å². The molecule has 3 rings (SSSR count). The van der Waals surface area contributed by atoms with Crippen molar-refractivity contribution < 1.29 is 22.7 Å². The van der Waals surface area contributed by atoms with Crippen LogP contribution in [0.2, 0.25) is 0 Å². The van der Waals surface area contributed by atoms with Gasteiger partial charge in [-0.05, 0) is 56.7 Å². The number of aromatic nitrogens is 1. The molecule has 1 aromatic carbocycles. The summed E-state index contributed by atoms with van der Waals surface area (Å²) in [5.41, 5.74) is 0.722. The molecule has 10 nitrogen and oxygen atoms in total. The highest BCUT2D eigenvalue weighted by Gasteiger charge is 2.31. The van der Waals surface area contributed by atoms with Crippen molar-refractivity contribution in [1.29, 1.82) is 0 Å². The number of hydrogen-bond acceptors (Lipinski definition) is 6. The van der Waals surface area contributed by atoms with Gasteiger partial charge in [0, 0.05) is 50.8 Å². The third kappa shape index (κ3) is 6.90. The SMILES string of the molecule is CC(C)(C)OC(=O)N1CCN(S(=O)(=O)c2ccc(NC(=O)NCc3cccnc3)cc2)CC1. The Labute approximate surface area is 194 Å². The molecule has 1 aliphatic heterocycles. The van der Waals surface area contributed by atoms with E-state index in [1.54, 1.807) is 39.2 Å². The summed E-state index contributed by atoms with van der Waals surface area (Å²) in [6.07, 6.45) is 2.87. The summed E-state index contributed by atoms with van der Waals surface area (Å²) in [7, 11) is -3.72. The van der Waals surface area contributed by atoms with Crippen LogP contribution >= 0.6 is 0 Å². The van der Waals surface area contributed by atoms with Crippen LogP contribution in [0.25, 0.3) is 0 Å². The molecule has 0 saturated carbocycles. The summed E-state index contributed by atoms with van der Waals surface area (Å²) >= 11 is 0. The zero-order valence-corrected chi connectivity index (χ0v) is 19.8. The fourth-order valence-electron chi connectivity index (χ4n) is 3.16. The number of piperazine rings is 1. The molecule has 2 heterocycles. The second-order valence-corrected chi connectivity index (χ2v) is 10.5. The van der Waals surface area contributed by atoms with E-state index in [-0.39, 0.29) is 31.1 Å². The van der Waals surface area contributed by atoms with Gasteiger partial charge in [-0.15, -0.1) is 0 Å². The number of hydrogen-bond donors (Lipinski definition) is 2. The Morgan fingerprint density at radius 2 is 1.73 bits per heavy atom. The van der Waals surface area contributed by atoms with Gasteiger partial charge in [0.1, 0.15) is 5.60 Å². The standard InChI is InChI=1S/C22H29N5O5S/c1-22(2,3)32-21(29)26-11-13-27(14-12-26)33(30,31)19-8-6-18(7-9-19)25-20(28)24-16-17-5-4-10-23-15-17/h4-10,15H,11-14,16H2,1-3H3,(H2,24,25,28). The van der Waals surface area contributed by atoms with Crippen molar-refractivity contribution in [2.75, 3.05) is 31.5 Å². The van der Waals surface area contributed by atoms with E-state index in [1.165, 1.54) is 33.5 Å². The van der Waals surface area contributed by atoms with Gasteiger partial charge in [0.15, 0.2) is 0 Å². The molecule has 1 aliphatic rings. The van der Waals surface area contributed by atoms with Crippen LogP contribution in [0.3, 0.4) is 0 Å². The molecule has 0 unspecified atom stereocenters. The minimum absolute atomic E-state index is 0.120. The van der Waals surface area contributed by atoms with Gasteiger partial charge in [-0.3, -0.25) is 4.98 Å². The van der Waals surface area contributed by atoms with Crippen molar-refractivity contribution in [3.63, 3.8) is 0 Å². The monoisotopic (exact) mass is 475 g/mol. The lowest BCUT2D eigenvalue weighted by Gasteiger charge is -2.35. The number of rotatable bonds is 5.